The Labute approximate surface area is 98.4 Å². The van der Waals surface area contributed by atoms with Crippen LogP contribution in [-0.4, -0.2) is 17.6 Å². The van der Waals surface area contributed by atoms with Gasteiger partial charge in [-0.1, -0.05) is 22.1 Å². The Balaban J connectivity index is 2.65. The Hall–Kier alpha value is -2.64. The second kappa shape index (κ2) is 6.77. The van der Waals surface area contributed by atoms with Gasteiger partial charge in [-0.2, -0.15) is 0 Å². The van der Waals surface area contributed by atoms with E-state index in [0.717, 1.165) is 5.56 Å². The summed E-state index contributed by atoms with van der Waals surface area (Å²) < 4.78 is 0. The van der Waals surface area contributed by atoms with E-state index in [4.69, 9.17) is 16.5 Å². The van der Waals surface area contributed by atoms with Gasteiger partial charge in [0.25, 0.3) is 0 Å². The topological polar surface area (TPSA) is 107 Å². The van der Waals surface area contributed by atoms with Crippen LogP contribution < -0.4 is 5.73 Å². The lowest BCUT2D eigenvalue weighted by Gasteiger charge is -1.97. The molecule has 0 atom stereocenters. The van der Waals surface area contributed by atoms with Gasteiger partial charge in [-0.05, 0) is 29.8 Å². The summed E-state index contributed by atoms with van der Waals surface area (Å²) in [6.45, 7) is 0.367. The van der Waals surface area contributed by atoms with Crippen LogP contribution in [0.1, 0.15) is 17.5 Å². The number of amidine groups is 1. The molecule has 0 aromatic heterocycles. The predicted molar refractivity (Wildman–Crippen MR) is 64.5 cm³/mol. The van der Waals surface area contributed by atoms with Crippen LogP contribution in [0, 0.1) is 11.8 Å². The van der Waals surface area contributed by atoms with Crippen LogP contribution in [0.15, 0.2) is 34.5 Å². The van der Waals surface area contributed by atoms with Crippen LogP contribution in [0.2, 0.25) is 0 Å². The zero-order chi connectivity index (χ0) is 12.5. The summed E-state index contributed by atoms with van der Waals surface area (Å²) in [6, 6.07) is 6.97. The number of benzene rings is 1. The lowest BCUT2D eigenvalue weighted by Crippen LogP contribution is -2.12. The SMILES string of the molecule is [N-]=[N+]=NCCC#Cc1ccc(C(N)=NO)cc1. The summed E-state index contributed by atoms with van der Waals surface area (Å²) in [5.41, 5.74) is 14.9. The highest BCUT2D eigenvalue weighted by molar-refractivity contribution is 5.97. The molecule has 86 valence electrons. The average Bonchev–Trinajstić information content (AvgIpc) is 2.38. The minimum atomic E-state index is 0.0628. The molecule has 3 N–H and O–H groups in total. The molecule has 0 aliphatic heterocycles. The number of nitrogens with two attached hydrogens (primary N) is 1. The van der Waals surface area contributed by atoms with E-state index in [1.165, 1.54) is 0 Å². The van der Waals surface area contributed by atoms with Crippen molar-refractivity contribution in [1.82, 2.24) is 0 Å². The highest BCUT2D eigenvalue weighted by Gasteiger charge is 1.96. The molecule has 0 spiro atoms. The fraction of sp³-hybridized carbons (Fsp3) is 0.182. The molecule has 17 heavy (non-hydrogen) atoms. The van der Waals surface area contributed by atoms with E-state index >= 15 is 0 Å². The van der Waals surface area contributed by atoms with Gasteiger partial charge in [-0.3, -0.25) is 0 Å². The Morgan fingerprint density at radius 1 is 1.41 bits per heavy atom. The van der Waals surface area contributed by atoms with E-state index in [-0.39, 0.29) is 5.84 Å². The molecule has 6 nitrogen and oxygen atoms in total. The van der Waals surface area contributed by atoms with Gasteiger partial charge in [0.1, 0.15) is 0 Å². The molecule has 0 amide bonds. The molecule has 0 aliphatic carbocycles. The van der Waals surface area contributed by atoms with Crippen molar-refractivity contribution in [2.75, 3.05) is 6.54 Å². The lowest BCUT2D eigenvalue weighted by molar-refractivity contribution is 0.318. The van der Waals surface area contributed by atoms with E-state index in [0.29, 0.717) is 18.5 Å². The minimum Gasteiger partial charge on any atom is -0.409 e. The fourth-order valence-corrected chi connectivity index (χ4v) is 1.10. The summed E-state index contributed by atoms with van der Waals surface area (Å²) in [7, 11) is 0. The molecule has 0 unspecified atom stereocenters. The van der Waals surface area contributed by atoms with Gasteiger partial charge in [0, 0.05) is 29.0 Å². The van der Waals surface area contributed by atoms with Crippen LogP contribution in [0.25, 0.3) is 10.4 Å². The van der Waals surface area contributed by atoms with E-state index in [1.54, 1.807) is 24.3 Å². The number of oxime groups is 1. The van der Waals surface area contributed by atoms with Crippen molar-refractivity contribution in [3.63, 3.8) is 0 Å². The van der Waals surface area contributed by atoms with Gasteiger partial charge in [0.05, 0.1) is 0 Å². The zero-order valence-corrected chi connectivity index (χ0v) is 9.04. The minimum absolute atomic E-state index is 0.0628. The molecule has 0 heterocycles. The summed E-state index contributed by atoms with van der Waals surface area (Å²) in [5, 5.41) is 14.7. The third-order valence-electron chi connectivity index (χ3n) is 1.92. The second-order valence-electron chi connectivity index (χ2n) is 3.07. The van der Waals surface area contributed by atoms with Crippen molar-refractivity contribution >= 4 is 5.84 Å². The molecule has 0 bridgehead atoms. The summed E-state index contributed by atoms with van der Waals surface area (Å²) in [5.74, 6) is 5.85. The third-order valence-corrected chi connectivity index (χ3v) is 1.92. The summed E-state index contributed by atoms with van der Waals surface area (Å²) in [4.78, 5) is 2.63. The van der Waals surface area contributed by atoms with Crippen LogP contribution in [0.3, 0.4) is 0 Å². The summed E-state index contributed by atoms with van der Waals surface area (Å²) in [6.07, 6.45) is 0.520. The van der Waals surface area contributed by atoms with Gasteiger partial charge in [-0.15, -0.1) is 0 Å². The summed E-state index contributed by atoms with van der Waals surface area (Å²) >= 11 is 0. The first kappa shape index (κ1) is 12.4. The van der Waals surface area contributed by atoms with Crippen LogP contribution in [-0.2, 0) is 0 Å². The highest BCUT2D eigenvalue weighted by Crippen LogP contribution is 2.02. The monoisotopic (exact) mass is 229 g/mol. The number of hydrogen-bond acceptors (Lipinski definition) is 3. The molecule has 0 fully saturated rings. The standard InChI is InChI=1S/C11H11N5O/c12-11(15-17)10-6-4-9(5-7-10)3-1-2-8-14-16-13/h4-7,17H,2,8H2,(H2,12,15). The number of rotatable bonds is 3. The number of hydrogen-bond donors (Lipinski definition) is 2. The van der Waals surface area contributed by atoms with Crippen molar-refractivity contribution in [2.24, 2.45) is 16.0 Å². The number of azide groups is 1. The Kier molecular flexibility index (Phi) is 4.95. The van der Waals surface area contributed by atoms with Crippen LogP contribution >= 0.6 is 0 Å². The fourth-order valence-electron chi connectivity index (χ4n) is 1.10. The van der Waals surface area contributed by atoms with Crippen molar-refractivity contribution in [3.05, 3.63) is 45.8 Å². The molecule has 1 aromatic carbocycles. The molecule has 0 aliphatic rings. The van der Waals surface area contributed by atoms with E-state index in [1.807, 2.05) is 0 Å². The first-order valence-corrected chi connectivity index (χ1v) is 4.85. The molecule has 0 saturated heterocycles. The van der Waals surface area contributed by atoms with Crippen molar-refractivity contribution in [2.45, 2.75) is 6.42 Å². The Morgan fingerprint density at radius 2 is 2.12 bits per heavy atom. The Morgan fingerprint density at radius 3 is 2.71 bits per heavy atom. The maximum atomic E-state index is 8.48. The molecule has 0 radical (unpaired) electrons. The average molecular weight is 229 g/mol. The molecular weight excluding hydrogens is 218 g/mol. The molecule has 6 heteroatoms. The first-order valence-electron chi connectivity index (χ1n) is 4.85. The molecular formula is C11H11N5O. The van der Waals surface area contributed by atoms with Crippen LogP contribution in [0.4, 0.5) is 0 Å². The smallest absolute Gasteiger partial charge is 0.170 e. The van der Waals surface area contributed by atoms with Crippen LogP contribution in [0.5, 0.6) is 0 Å². The normalized spacial score (nSPS) is 10.0. The van der Waals surface area contributed by atoms with E-state index in [2.05, 4.69) is 27.0 Å². The second-order valence-corrected chi connectivity index (χ2v) is 3.07. The van der Waals surface area contributed by atoms with Gasteiger partial charge in [0.15, 0.2) is 5.84 Å². The van der Waals surface area contributed by atoms with Gasteiger partial charge >= 0.3 is 0 Å². The maximum absolute atomic E-state index is 8.48. The zero-order valence-electron chi connectivity index (χ0n) is 9.04. The van der Waals surface area contributed by atoms with E-state index < -0.39 is 0 Å². The Bertz CT molecular complexity index is 503. The predicted octanol–water partition coefficient (Wildman–Crippen LogP) is 1.83. The number of nitrogens with zero attached hydrogens (tertiary/aromatic N) is 4. The highest BCUT2D eigenvalue weighted by atomic mass is 16.4. The van der Waals surface area contributed by atoms with E-state index in [9.17, 15) is 0 Å². The van der Waals surface area contributed by atoms with Crippen molar-refractivity contribution < 1.29 is 5.21 Å². The quantitative estimate of drug-likeness (QED) is 0.0949. The van der Waals surface area contributed by atoms with Gasteiger partial charge in [0.2, 0.25) is 0 Å². The first-order chi connectivity index (χ1) is 8.27. The van der Waals surface area contributed by atoms with Gasteiger partial charge in [-0.25, -0.2) is 0 Å². The molecule has 0 saturated carbocycles. The lowest BCUT2D eigenvalue weighted by atomic mass is 10.1. The third kappa shape index (κ3) is 4.16. The van der Waals surface area contributed by atoms with Crippen molar-refractivity contribution in [3.8, 4) is 11.8 Å². The molecule has 1 aromatic rings. The molecule has 1 rings (SSSR count). The van der Waals surface area contributed by atoms with Gasteiger partial charge < -0.3 is 10.9 Å². The van der Waals surface area contributed by atoms with Crippen molar-refractivity contribution in [1.29, 1.82) is 0 Å². The maximum Gasteiger partial charge on any atom is 0.170 e. The largest absolute Gasteiger partial charge is 0.409 e.